The Morgan fingerprint density at radius 3 is 2.25 bits per heavy atom. The molecule has 1 heterocycles. The first-order valence-electron chi connectivity index (χ1n) is 4.02. The van der Waals surface area contributed by atoms with Crippen molar-refractivity contribution in [2.45, 2.75) is 20.8 Å². The highest BCUT2D eigenvalue weighted by Crippen LogP contribution is 2.27. The molecule has 0 aliphatic carbocycles. The minimum absolute atomic E-state index is 1.35. The monoisotopic (exact) mass is 178 g/mol. The van der Waals surface area contributed by atoms with Crippen LogP contribution in [0.15, 0.2) is 18.7 Å². The van der Waals surface area contributed by atoms with Crippen LogP contribution in [0.1, 0.15) is 20.9 Å². The van der Waals surface area contributed by atoms with E-state index in [0.717, 1.165) is 0 Å². The van der Waals surface area contributed by atoms with E-state index in [-0.39, 0.29) is 0 Å². The average Bonchev–Trinajstić information content (AvgIpc) is 2.30. The van der Waals surface area contributed by atoms with Gasteiger partial charge in [-0.05, 0) is 38.0 Å². The third-order valence-electron chi connectivity index (χ3n) is 2.11. The smallest absolute Gasteiger partial charge is 0.0305 e. The zero-order chi connectivity index (χ0) is 9.14. The second kappa shape index (κ2) is 3.72. The van der Waals surface area contributed by atoms with E-state index in [1.807, 2.05) is 23.5 Å². The van der Waals surface area contributed by atoms with E-state index in [2.05, 4.69) is 33.4 Å². The van der Waals surface area contributed by atoms with Crippen molar-refractivity contribution in [3.63, 3.8) is 0 Å². The van der Waals surface area contributed by atoms with E-state index in [9.17, 15) is 0 Å². The molecule has 0 fully saturated rings. The first kappa shape index (κ1) is 9.27. The van der Waals surface area contributed by atoms with Crippen LogP contribution in [0, 0.1) is 20.8 Å². The van der Waals surface area contributed by atoms with E-state index in [0.29, 0.717) is 0 Å². The lowest BCUT2D eigenvalue weighted by Crippen LogP contribution is -1.74. The van der Waals surface area contributed by atoms with Gasteiger partial charge in [0.1, 0.15) is 0 Å². The number of aryl methyl sites for hydroxylation is 1. The molecule has 0 saturated heterocycles. The van der Waals surface area contributed by atoms with Crippen molar-refractivity contribution in [1.29, 1.82) is 0 Å². The van der Waals surface area contributed by atoms with Crippen LogP contribution in [0.3, 0.4) is 0 Å². The first-order chi connectivity index (χ1) is 5.66. The molecule has 0 N–H and O–H groups in total. The molecule has 0 aromatic carbocycles. The Balaban J connectivity index is 3.09. The van der Waals surface area contributed by atoms with Crippen LogP contribution in [0.4, 0.5) is 0 Å². The Bertz CT molecular complexity index is 316. The quantitative estimate of drug-likeness (QED) is 0.603. The number of allylic oxidation sites excluding steroid dienone is 2. The molecule has 0 aliphatic heterocycles. The third kappa shape index (κ3) is 1.67. The van der Waals surface area contributed by atoms with E-state index in [1.165, 1.54) is 20.9 Å². The Hall–Kier alpha value is -0.820. The maximum atomic E-state index is 3.65. The Morgan fingerprint density at radius 1 is 1.17 bits per heavy atom. The summed E-state index contributed by atoms with van der Waals surface area (Å²) in [6.07, 6.45) is 5.91. The van der Waals surface area contributed by atoms with E-state index in [1.54, 1.807) is 0 Å². The highest BCUT2D eigenvalue weighted by atomic mass is 32.1. The summed E-state index contributed by atoms with van der Waals surface area (Å²) in [6, 6.07) is 0. The summed E-state index contributed by atoms with van der Waals surface area (Å²) in [5, 5.41) is 0. The van der Waals surface area contributed by atoms with Gasteiger partial charge >= 0.3 is 0 Å². The van der Waals surface area contributed by atoms with Gasteiger partial charge in [0.2, 0.25) is 0 Å². The van der Waals surface area contributed by atoms with Crippen LogP contribution in [-0.2, 0) is 0 Å². The molecular weight excluding hydrogens is 164 g/mol. The molecule has 0 radical (unpaired) electrons. The number of hydrogen-bond acceptors (Lipinski definition) is 1. The molecule has 1 aromatic rings. The summed E-state index contributed by atoms with van der Waals surface area (Å²) in [5.74, 6) is 0. The molecule has 0 saturated carbocycles. The van der Waals surface area contributed by atoms with Gasteiger partial charge in [-0.2, -0.15) is 0 Å². The Labute approximate surface area is 78.2 Å². The summed E-state index contributed by atoms with van der Waals surface area (Å²) >= 11 is 1.85. The lowest BCUT2D eigenvalue weighted by Gasteiger charge is -1.90. The van der Waals surface area contributed by atoms with Gasteiger partial charge in [0.15, 0.2) is 0 Å². The fourth-order valence-corrected chi connectivity index (χ4v) is 2.17. The summed E-state index contributed by atoms with van der Waals surface area (Å²) in [7, 11) is 0. The predicted octanol–water partition coefficient (Wildman–Crippen LogP) is 3.87. The van der Waals surface area contributed by atoms with E-state index >= 15 is 0 Å². The van der Waals surface area contributed by atoms with Gasteiger partial charge in [-0.1, -0.05) is 18.7 Å². The molecule has 0 amide bonds. The fraction of sp³-hybridized carbons (Fsp3) is 0.273. The molecule has 0 spiro atoms. The molecule has 1 rings (SSSR count). The van der Waals surface area contributed by atoms with Crippen molar-refractivity contribution in [3.05, 3.63) is 39.6 Å². The molecule has 0 nitrogen and oxygen atoms in total. The molecule has 0 bridgehead atoms. The van der Waals surface area contributed by atoms with Crippen LogP contribution in [0.2, 0.25) is 0 Å². The van der Waals surface area contributed by atoms with Crippen molar-refractivity contribution in [3.8, 4) is 0 Å². The van der Waals surface area contributed by atoms with E-state index < -0.39 is 0 Å². The molecule has 0 atom stereocenters. The van der Waals surface area contributed by atoms with Crippen LogP contribution < -0.4 is 0 Å². The van der Waals surface area contributed by atoms with Gasteiger partial charge in [-0.15, -0.1) is 11.3 Å². The standard InChI is InChI=1S/C11H14S/c1-5-6-7-11-9(3)8(2)10(4)12-11/h5-7H,1H2,2-4H3/b7-6-. The molecular formula is C11H14S. The molecule has 1 aromatic heterocycles. The minimum atomic E-state index is 1.35. The van der Waals surface area contributed by atoms with Crippen molar-refractivity contribution < 1.29 is 0 Å². The molecule has 0 unspecified atom stereocenters. The molecule has 64 valence electrons. The van der Waals surface area contributed by atoms with Gasteiger partial charge in [0, 0.05) is 9.75 Å². The lowest BCUT2D eigenvalue weighted by molar-refractivity contribution is 1.34. The van der Waals surface area contributed by atoms with Crippen molar-refractivity contribution >= 4 is 17.4 Å². The second-order valence-electron chi connectivity index (χ2n) is 2.87. The maximum absolute atomic E-state index is 3.65. The minimum Gasteiger partial charge on any atom is -0.141 e. The zero-order valence-electron chi connectivity index (χ0n) is 7.85. The summed E-state index contributed by atoms with van der Waals surface area (Å²) in [6.45, 7) is 10.2. The van der Waals surface area contributed by atoms with Crippen LogP contribution >= 0.6 is 11.3 Å². The first-order valence-corrected chi connectivity index (χ1v) is 4.84. The van der Waals surface area contributed by atoms with Gasteiger partial charge < -0.3 is 0 Å². The van der Waals surface area contributed by atoms with Gasteiger partial charge in [-0.25, -0.2) is 0 Å². The average molecular weight is 178 g/mol. The van der Waals surface area contributed by atoms with Crippen LogP contribution in [0.25, 0.3) is 6.08 Å². The maximum Gasteiger partial charge on any atom is 0.0305 e. The van der Waals surface area contributed by atoms with Crippen LogP contribution in [0.5, 0.6) is 0 Å². The highest BCUT2D eigenvalue weighted by Gasteiger charge is 2.04. The normalized spacial score (nSPS) is 10.9. The molecule has 0 aliphatic rings. The SMILES string of the molecule is C=C/C=C\c1sc(C)c(C)c1C. The van der Waals surface area contributed by atoms with Gasteiger partial charge in [0.05, 0.1) is 0 Å². The van der Waals surface area contributed by atoms with Crippen LogP contribution in [-0.4, -0.2) is 0 Å². The molecule has 12 heavy (non-hydrogen) atoms. The lowest BCUT2D eigenvalue weighted by atomic mass is 10.1. The van der Waals surface area contributed by atoms with Gasteiger partial charge in [-0.3, -0.25) is 0 Å². The zero-order valence-corrected chi connectivity index (χ0v) is 8.66. The second-order valence-corrected chi connectivity index (χ2v) is 4.12. The topological polar surface area (TPSA) is 0 Å². The predicted molar refractivity (Wildman–Crippen MR) is 57.8 cm³/mol. The number of rotatable bonds is 2. The highest BCUT2D eigenvalue weighted by molar-refractivity contribution is 7.13. The van der Waals surface area contributed by atoms with Gasteiger partial charge in [0.25, 0.3) is 0 Å². The van der Waals surface area contributed by atoms with Crippen molar-refractivity contribution in [1.82, 2.24) is 0 Å². The van der Waals surface area contributed by atoms with E-state index in [4.69, 9.17) is 0 Å². The number of thiophene rings is 1. The fourth-order valence-electron chi connectivity index (χ4n) is 1.08. The van der Waals surface area contributed by atoms with Crippen molar-refractivity contribution in [2.75, 3.05) is 0 Å². The third-order valence-corrected chi connectivity index (χ3v) is 3.38. The Kier molecular flexibility index (Phi) is 2.88. The Morgan fingerprint density at radius 2 is 1.83 bits per heavy atom. The summed E-state index contributed by atoms with van der Waals surface area (Å²) < 4.78 is 0. The summed E-state index contributed by atoms with van der Waals surface area (Å²) in [5.41, 5.74) is 2.82. The molecule has 1 heteroatoms. The summed E-state index contributed by atoms with van der Waals surface area (Å²) in [4.78, 5) is 2.76. The van der Waals surface area contributed by atoms with Crippen molar-refractivity contribution in [2.24, 2.45) is 0 Å². The largest absolute Gasteiger partial charge is 0.141 e. The number of hydrogen-bond donors (Lipinski definition) is 0.